The van der Waals surface area contributed by atoms with E-state index in [1.165, 1.54) is 26.2 Å². The van der Waals surface area contributed by atoms with Gasteiger partial charge in [-0.3, -0.25) is 9.69 Å². The van der Waals surface area contributed by atoms with Crippen LogP contribution in [-0.2, 0) is 13.1 Å². The van der Waals surface area contributed by atoms with Crippen molar-refractivity contribution in [1.29, 1.82) is 0 Å². The lowest BCUT2D eigenvalue weighted by Crippen LogP contribution is -2.38. The van der Waals surface area contributed by atoms with Gasteiger partial charge >= 0.3 is 0 Å². The lowest BCUT2D eigenvalue weighted by molar-refractivity contribution is 0.0949. The maximum atomic E-state index is 12.9. The van der Waals surface area contributed by atoms with Crippen LogP contribution in [0.2, 0.25) is 0 Å². The van der Waals surface area contributed by atoms with Crippen molar-refractivity contribution < 1.29 is 19.0 Å². The molecule has 2 unspecified atom stereocenters. The molecule has 1 aliphatic rings. The molecule has 1 heterocycles. The lowest BCUT2D eigenvalue weighted by Gasteiger charge is -2.35. The molecule has 0 aliphatic carbocycles. The monoisotopic (exact) mass is 426 g/mol. The SMILES string of the molecule is COc1cc(C(=O)NCc2ccccc2CN2CC(C)CC(C)C2)cc(OC)c1OC. The molecule has 0 bridgehead atoms. The molecule has 3 rings (SSSR count). The minimum atomic E-state index is -0.186. The van der Waals surface area contributed by atoms with Crippen LogP contribution >= 0.6 is 0 Å². The van der Waals surface area contributed by atoms with Gasteiger partial charge in [-0.05, 0) is 41.5 Å². The van der Waals surface area contributed by atoms with Gasteiger partial charge in [0.05, 0.1) is 21.3 Å². The van der Waals surface area contributed by atoms with E-state index in [4.69, 9.17) is 14.2 Å². The van der Waals surface area contributed by atoms with E-state index in [0.717, 1.165) is 37.0 Å². The van der Waals surface area contributed by atoms with Crippen molar-refractivity contribution in [3.05, 3.63) is 53.1 Å². The van der Waals surface area contributed by atoms with Crippen molar-refractivity contribution in [3.63, 3.8) is 0 Å². The van der Waals surface area contributed by atoms with Crippen LogP contribution in [0.15, 0.2) is 36.4 Å². The quantitative estimate of drug-likeness (QED) is 0.688. The maximum Gasteiger partial charge on any atom is 0.251 e. The first kappa shape index (κ1) is 22.9. The number of likely N-dealkylation sites (tertiary alicyclic amines) is 1. The molecule has 2 atom stereocenters. The topological polar surface area (TPSA) is 60.0 Å². The van der Waals surface area contributed by atoms with Crippen LogP contribution in [0.25, 0.3) is 0 Å². The third-order valence-corrected chi connectivity index (χ3v) is 5.82. The van der Waals surface area contributed by atoms with Gasteiger partial charge in [-0.25, -0.2) is 0 Å². The van der Waals surface area contributed by atoms with E-state index >= 15 is 0 Å². The highest BCUT2D eigenvalue weighted by molar-refractivity contribution is 5.95. The maximum absolute atomic E-state index is 12.9. The Morgan fingerprint density at radius 3 is 2.10 bits per heavy atom. The van der Waals surface area contributed by atoms with Crippen LogP contribution < -0.4 is 19.5 Å². The Morgan fingerprint density at radius 1 is 0.968 bits per heavy atom. The molecule has 1 N–H and O–H groups in total. The summed E-state index contributed by atoms with van der Waals surface area (Å²) in [5.41, 5.74) is 2.86. The number of benzene rings is 2. The molecule has 1 aliphatic heterocycles. The van der Waals surface area contributed by atoms with Gasteiger partial charge in [-0.2, -0.15) is 0 Å². The van der Waals surface area contributed by atoms with Gasteiger partial charge in [0.25, 0.3) is 5.91 Å². The number of ether oxygens (including phenoxy) is 3. The second-order valence-electron chi connectivity index (χ2n) is 8.51. The summed E-state index contributed by atoms with van der Waals surface area (Å²) in [5.74, 6) is 2.64. The molecule has 2 aromatic carbocycles. The van der Waals surface area contributed by atoms with Crippen molar-refractivity contribution >= 4 is 5.91 Å². The van der Waals surface area contributed by atoms with Crippen molar-refractivity contribution in [3.8, 4) is 17.2 Å². The van der Waals surface area contributed by atoms with E-state index in [-0.39, 0.29) is 5.91 Å². The fourth-order valence-electron chi connectivity index (χ4n) is 4.54. The Labute approximate surface area is 185 Å². The first-order chi connectivity index (χ1) is 14.9. The molecule has 6 heteroatoms. The summed E-state index contributed by atoms with van der Waals surface area (Å²) in [4.78, 5) is 15.4. The highest BCUT2D eigenvalue weighted by Crippen LogP contribution is 2.38. The molecule has 0 saturated carbocycles. The molecule has 0 radical (unpaired) electrons. The van der Waals surface area contributed by atoms with E-state index in [0.29, 0.717) is 29.4 Å². The van der Waals surface area contributed by atoms with Gasteiger partial charge in [-0.1, -0.05) is 38.1 Å². The van der Waals surface area contributed by atoms with Crippen LogP contribution in [0.5, 0.6) is 17.2 Å². The summed E-state index contributed by atoms with van der Waals surface area (Å²) in [6.45, 7) is 8.26. The molecule has 0 aromatic heterocycles. The lowest BCUT2D eigenvalue weighted by atomic mass is 9.91. The number of nitrogens with one attached hydrogen (secondary N) is 1. The molecule has 31 heavy (non-hydrogen) atoms. The molecule has 0 spiro atoms. The average molecular weight is 427 g/mol. The summed E-state index contributed by atoms with van der Waals surface area (Å²) < 4.78 is 16.1. The Balaban J connectivity index is 1.71. The minimum Gasteiger partial charge on any atom is -0.493 e. The van der Waals surface area contributed by atoms with Gasteiger partial charge < -0.3 is 19.5 Å². The third-order valence-electron chi connectivity index (χ3n) is 5.82. The third kappa shape index (κ3) is 5.70. The molecule has 1 saturated heterocycles. The molecule has 6 nitrogen and oxygen atoms in total. The normalized spacial score (nSPS) is 19.0. The molecule has 2 aromatic rings. The number of carbonyl (C=O) groups excluding carboxylic acids is 1. The van der Waals surface area contributed by atoms with Crippen molar-refractivity contribution in [2.45, 2.75) is 33.4 Å². The summed E-state index contributed by atoms with van der Waals surface area (Å²) in [7, 11) is 4.62. The van der Waals surface area contributed by atoms with Gasteiger partial charge in [-0.15, -0.1) is 0 Å². The van der Waals surface area contributed by atoms with Gasteiger partial charge in [0.15, 0.2) is 11.5 Å². The first-order valence-corrected chi connectivity index (χ1v) is 10.8. The predicted molar refractivity (Wildman–Crippen MR) is 122 cm³/mol. The van der Waals surface area contributed by atoms with Crippen LogP contribution in [-0.4, -0.2) is 45.2 Å². The highest BCUT2D eigenvalue weighted by Gasteiger charge is 2.22. The van der Waals surface area contributed by atoms with E-state index in [1.54, 1.807) is 19.2 Å². The van der Waals surface area contributed by atoms with Gasteiger partial charge in [0.2, 0.25) is 5.75 Å². The number of methoxy groups -OCH3 is 3. The summed E-state index contributed by atoms with van der Waals surface area (Å²) >= 11 is 0. The minimum absolute atomic E-state index is 0.186. The molecular weight excluding hydrogens is 392 g/mol. The van der Waals surface area contributed by atoms with E-state index in [1.807, 2.05) is 6.07 Å². The van der Waals surface area contributed by atoms with Crippen molar-refractivity contribution in [2.75, 3.05) is 34.4 Å². The first-order valence-electron chi connectivity index (χ1n) is 10.8. The smallest absolute Gasteiger partial charge is 0.251 e. The number of rotatable bonds is 8. The molecule has 168 valence electrons. The average Bonchev–Trinajstić information content (AvgIpc) is 2.76. The zero-order chi connectivity index (χ0) is 22.4. The Hall–Kier alpha value is -2.73. The van der Waals surface area contributed by atoms with Crippen molar-refractivity contribution in [1.82, 2.24) is 10.2 Å². The summed E-state index contributed by atoms with van der Waals surface area (Å²) in [6.07, 6.45) is 1.29. The Morgan fingerprint density at radius 2 is 1.55 bits per heavy atom. The predicted octanol–water partition coefficient (Wildman–Crippen LogP) is 4.12. The second-order valence-corrected chi connectivity index (χ2v) is 8.51. The van der Waals surface area contributed by atoms with Crippen LogP contribution in [0, 0.1) is 11.8 Å². The number of hydrogen-bond donors (Lipinski definition) is 1. The summed E-state index contributed by atoms with van der Waals surface area (Å²) in [5, 5.41) is 3.04. The Bertz CT molecular complexity index is 864. The molecule has 1 amide bonds. The number of carbonyl (C=O) groups is 1. The van der Waals surface area contributed by atoms with Crippen LogP contribution in [0.4, 0.5) is 0 Å². The molecule has 1 fully saturated rings. The van der Waals surface area contributed by atoms with E-state index < -0.39 is 0 Å². The van der Waals surface area contributed by atoms with Gasteiger partial charge in [0, 0.05) is 31.7 Å². The van der Waals surface area contributed by atoms with Gasteiger partial charge in [0.1, 0.15) is 0 Å². The zero-order valence-corrected chi connectivity index (χ0v) is 19.2. The van der Waals surface area contributed by atoms with Crippen LogP contribution in [0.1, 0.15) is 41.8 Å². The molecular formula is C25H34N2O4. The highest BCUT2D eigenvalue weighted by atomic mass is 16.5. The number of nitrogens with zero attached hydrogens (tertiary/aromatic N) is 1. The number of hydrogen-bond acceptors (Lipinski definition) is 5. The summed E-state index contributed by atoms with van der Waals surface area (Å²) in [6, 6.07) is 11.7. The standard InChI is InChI=1S/C25H34N2O4/c1-17-10-18(2)15-27(14-17)16-20-9-7-6-8-19(20)13-26-25(28)21-11-22(29-3)24(31-5)23(12-21)30-4/h6-9,11-12,17-18H,10,13-16H2,1-5H3,(H,26,28). The van der Waals surface area contributed by atoms with Crippen LogP contribution in [0.3, 0.4) is 0 Å². The number of piperidine rings is 1. The Kier molecular flexibility index (Phi) is 7.80. The van der Waals surface area contributed by atoms with E-state index in [2.05, 4.69) is 42.3 Å². The fraction of sp³-hybridized carbons (Fsp3) is 0.480. The fourth-order valence-corrected chi connectivity index (χ4v) is 4.54. The zero-order valence-electron chi connectivity index (χ0n) is 19.2. The van der Waals surface area contributed by atoms with E-state index in [9.17, 15) is 4.79 Å². The second kappa shape index (κ2) is 10.5. The number of amides is 1. The largest absolute Gasteiger partial charge is 0.493 e. The van der Waals surface area contributed by atoms with Crippen molar-refractivity contribution in [2.24, 2.45) is 11.8 Å².